The predicted molar refractivity (Wildman–Crippen MR) is 87.5 cm³/mol. The Bertz CT molecular complexity index is 568. The lowest BCUT2D eigenvalue weighted by Gasteiger charge is -2.39. The van der Waals surface area contributed by atoms with Crippen LogP contribution in [-0.2, 0) is 16.0 Å². The molecule has 0 aromatic heterocycles. The van der Waals surface area contributed by atoms with Crippen molar-refractivity contribution in [3.63, 3.8) is 0 Å². The number of benzene rings is 1. The standard InChI is InChI=1S/C19H26FNO2/c1-14(12-16-4-3-5-17(20)13-16)18(22)21-9-6-19(15(21)2)7-10-23-11-8-19/h3-5,13-15H,6-12H2,1-2H3/t14-,15-/m0/s1. The predicted octanol–water partition coefficient (Wildman–Crippen LogP) is 3.42. The van der Waals surface area contributed by atoms with E-state index in [-0.39, 0.29) is 29.1 Å². The Kier molecular flexibility index (Phi) is 4.72. The highest BCUT2D eigenvalue weighted by atomic mass is 19.1. The van der Waals surface area contributed by atoms with Crippen molar-refractivity contribution < 1.29 is 13.9 Å². The minimum Gasteiger partial charge on any atom is -0.381 e. The van der Waals surface area contributed by atoms with Crippen molar-refractivity contribution in [1.82, 2.24) is 4.90 Å². The van der Waals surface area contributed by atoms with Crippen molar-refractivity contribution in [2.45, 2.75) is 45.6 Å². The van der Waals surface area contributed by atoms with E-state index in [4.69, 9.17) is 4.74 Å². The van der Waals surface area contributed by atoms with E-state index in [1.165, 1.54) is 12.1 Å². The summed E-state index contributed by atoms with van der Waals surface area (Å²) in [6, 6.07) is 6.83. The van der Waals surface area contributed by atoms with Crippen molar-refractivity contribution in [3.05, 3.63) is 35.6 Å². The van der Waals surface area contributed by atoms with E-state index in [1.807, 2.05) is 13.0 Å². The van der Waals surface area contributed by atoms with Crippen LogP contribution in [0.1, 0.15) is 38.7 Å². The molecule has 0 unspecified atom stereocenters. The summed E-state index contributed by atoms with van der Waals surface area (Å²) in [5.74, 6) is -0.155. The van der Waals surface area contributed by atoms with Gasteiger partial charge in [0.15, 0.2) is 0 Å². The number of amides is 1. The van der Waals surface area contributed by atoms with Gasteiger partial charge in [0.2, 0.25) is 5.91 Å². The van der Waals surface area contributed by atoms with E-state index < -0.39 is 0 Å². The van der Waals surface area contributed by atoms with E-state index >= 15 is 0 Å². The van der Waals surface area contributed by atoms with E-state index in [0.29, 0.717) is 6.42 Å². The Balaban J connectivity index is 1.65. The van der Waals surface area contributed by atoms with Gasteiger partial charge in [0.25, 0.3) is 0 Å². The highest BCUT2D eigenvalue weighted by Gasteiger charge is 2.47. The molecule has 126 valence electrons. The Morgan fingerprint density at radius 3 is 2.83 bits per heavy atom. The molecule has 1 spiro atoms. The number of likely N-dealkylation sites (tertiary alicyclic amines) is 1. The molecule has 0 aliphatic carbocycles. The zero-order valence-corrected chi connectivity index (χ0v) is 14.1. The topological polar surface area (TPSA) is 29.5 Å². The molecule has 1 aromatic rings. The van der Waals surface area contributed by atoms with Crippen LogP contribution in [0.3, 0.4) is 0 Å². The first-order valence-corrected chi connectivity index (χ1v) is 8.64. The summed E-state index contributed by atoms with van der Waals surface area (Å²) in [6.07, 6.45) is 3.78. The molecule has 2 atom stereocenters. The number of hydrogen-bond donors (Lipinski definition) is 0. The summed E-state index contributed by atoms with van der Waals surface area (Å²) < 4.78 is 18.8. The number of halogens is 1. The Morgan fingerprint density at radius 2 is 2.13 bits per heavy atom. The fraction of sp³-hybridized carbons (Fsp3) is 0.632. The average molecular weight is 319 g/mol. The maximum atomic E-state index is 13.3. The second-order valence-corrected chi connectivity index (χ2v) is 7.17. The number of carbonyl (C=O) groups is 1. The number of ether oxygens (including phenoxy) is 1. The van der Waals surface area contributed by atoms with Gasteiger partial charge in [-0.05, 0) is 55.7 Å². The van der Waals surface area contributed by atoms with Gasteiger partial charge in [-0.15, -0.1) is 0 Å². The van der Waals surface area contributed by atoms with Gasteiger partial charge in [0, 0.05) is 31.7 Å². The summed E-state index contributed by atoms with van der Waals surface area (Å²) >= 11 is 0. The Hall–Kier alpha value is -1.42. The molecule has 0 saturated carbocycles. The summed E-state index contributed by atoms with van der Waals surface area (Å²) in [7, 11) is 0. The van der Waals surface area contributed by atoms with E-state index in [9.17, 15) is 9.18 Å². The largest absolute Gasteiger partial charge is 0.381 e. The molecule has 2 aliphatic heterocycles. The maximum Gasteiger partial charge on any atom is 0.225 e. The molecule has 23 heavy (non-hydrogen) atoms. The van der Waals surface area contributed by atoms with Crippen LogP contribution in [0, 0.1) is 17.2 Å². The molecule has 1 amide bonds. The van der Waals surface area contributed by atoms with Crippen LogP contribution < -0.4 is 0 Å². The highest BCUT2D eigenvalue weighted by molar-refractivity contribution is 5.79. The number of rotatable bonds is 3. The lowest BCUT2D eigenvalue weighted by atomic mass is 9.74. The van der Waals surface area contributed by atoms with Crippen LogP contribution in [0.25, 0.3) is 0 Å². The summed E-state index contributed by atoms with van der Waals surface area (Å²) in [5.41, 5.74) is 1.13. The van der Waals surface area contributed by atoms with Crippen LogP contribution >= 0.6 is 0 Å². The fourth-order valence-corrected chi connectivity index (χ4v) is 4.21. The van der Waals surface area contributed by atoms with Gasteiger partial charge in [0.05, 0.1) is 0 Å². The molecular formula is C19H26FNO2. The van der Waals surface area contributed by atoms with Gasteiger partial charge in [-0.1, -0.05) is 19.1 Å². The smallest absolute Gasteiger partial charge is 0.225 e. The summed E-state index contributed by atoms with van der Waals surface area (Å²) in [4.78, 5) is 14.9. The minimum atomic E-state index is -0.238. The quantitative estimate of drug-likeness (QED) is 0.854. The molecule has 2 aliphatic rings. The molecule has 0 radical (unpaired) electrons. The van der Waals surface area contributed by atoms with Crippen molar-refractivity contribution >= 4 is 5.91 Å². The molecule has 4 heteroatoms. The van der Waals surface area contributed by atoms with Crippen LogP contribution in [0.5, 0.6) is 0 Å². The third-order valence-electron chi connectivity index (χ3n) is 5.83. The van der Waals surface area contributed by atoms with Gasteiger partial charge >= 0.3 is 0 Å². The third kappa shape index (κ3) is 3.27. The highest BCUT2D eigenvalue weighted by Crippen LogP contribution is 2.45. The molecule has 2 fully saturated rings. The third-order valence-corrected chi connectivity index (χ3v) is 5.83. The Morgan fingerprint density at radius 1 is 1.39 bits per heavy atom. The van der Waals surface area contributed by atoms with Crippen molar-refractivity contribution in [3.8, 4) is 0 Å². The van der Waals surface area contributed by atoms with Gasteiger partial charge in [-0.25, -0.2) is 4.39 Å². The first kappa shape index (κ1) is 16.4. The molecule has 0 N–H and O–H groups in total. The monoisotopic (exact) mass is 319 g/mol. The van der Waals surface area contributed by atoms with E-state index in [1.54, 1.807) is 6.07 Å². The molecule has 1 aromatic carbocycles. The van der Waals surface area contributed by atoms with Gasteiger partial charge in [-0.2, -0.15) is 0 Å². The zero-order valence-electron chi connectivity index (χ0n) is 14.1. The minimum absolute atomic E-state index is 0.116. The van der Waals surface area contributed by atoms with Crippen LogP contribution in [0.2, 0.25) is 0 Å². The number of hydrogen-bond acceptors (Lipinski definition) is 2. The first-order chi connectivity index (χ1) is 11.0. The number of nitrogens with zero attached hydrogens (tertiary/aromatic N) is 1. The molecule has 3 rings (SSSR count). The Labute approximate surface area is 137 Å². The van der Waals surface area contributed by atoms with Crippen LogP contribution in [0.4, 0.5) is 4.39 Å². The molecule has 3 nitrogen and oxygen atoms in total. The van der Waals surface area contributed by atoms with Crippen LogP contribution in [-0.4, -0.2) is 36.6 Å². The lowest BCUT2D eigenvalue weighted by molar-refractivity contribution is -0.137. The first-order valence-electron chi connectivity index (χ1n) is 8.64. The maximum absolute atomic E-state index is 13.3. The van der Waals surface area contributed by atoms with Crippen molar-refractivity contribution in [2.75, 3.05) is 19.8 Å². The van der Waals surface area contributed by atoms with E-state index in [0.717, 1.165) is 44.6 Å². The van der Waals surface area contributed by atoms with Crippen molar-refractivity contribution in [2.24, 2.45) is 11.3 Å². The van der Waals surface area contributed by atoms with Crippen molar-refractivity contribution in [1.29, 1.82) is 0 Å². The molecular weight excluding hydrogens is 293 g/mol. The lowest BCUT2D eigenvalue weighted by Crippen LogP contribution is -2.45. The fourth-order valence-electron chi connectivity index (χ4n) is 4.21. The molecule has 0 bridgehead atoms. The molecule has 2 saturated heterocycles. The second kappa shape index (κ2) is 6.60. The average Bonchev–Trinajstić information content (AvgIpc) is 2.84. The second-order valence-electron chi connectivity index (χ2n) is 7.17. The normalized spacial score (nSPS) is 24.8. The van der Waals surface area contributed by atoms with Gasteiger partial charge in [-0.3, -0.25) is 4.79 Å². The van der Waals surface area contributed by atoms with Crippen LogP contribution in [0.15, 0.2) is 24.3 Å². The zero-order chi connectivity index (χ0) is 16.4. The van der Waals surface area contributed by atoms with Gasteiger partial charge < -0.3 is 9.64 Å². The van der Waals surface area contributed by atoms with E-state index in [2.05, 4.69) is 11.8 Å². The van der Waals surface area contributed by atoms with Gasteiger partial charge in [0.1, 0.15) is 5.82 Å². The summed E-state index contributed by atoms with van der Waals surface area (Å²) in [6.45, 7) is 6.60. The summed E-state index contributed by atoms with van der Waals surface area (Å²) in [5, 5.41) is 0. The molecule has 2 heterocycles. The SMILES string of the molecule is C[C@@H]1N(C(=O)[C@@H](C)Cc2cccc(F)c2)CCC12CCOCC2. The number of carbonyl (C=O) groups excluding carboxylic acids is 1.